The van der Waals surface area contributed by atoms with Crippen molar-refractivity contribution in [2.75, 3.05) is 20.3 Å². The van der Waals surface area contributed by atoms with Crippen LogP contribution < -0.4 is 0 Å². The number of aliphatic hydroxyl groups is 3. The smallest absolute Gasteiger partial charge is 0.102 e. The van der Waals surface area contributed by atoms with Crippen molar-refractivity contribution in [2.24, 2.45) is 0 Å². The Morgan fingerprint density at radius 2 is 2.00 bits per heavy atom. The molecule has 0 saturated heterocycles. The van der Waals surface area contributed by atoms with E-state index in [1.807, 2.05) is 0 Å². The van der Waals surface area contributed by atoms with Crippen molar-refractivity contribution in [1.29, 1.82) is 0 Å². The van der Waals surface area contributed by atoms with Gasteiger partial charge in [0.2, 0.25) is 0 Å². The Hall–Kier alpha value is 0.320. The molecule has 0 radical (unpaired) electrons. The van der Waals surface area contributed by atoms with Gasteiger partial charge in [-0.05, 0) is 0 Å². The van der Waals surface area contributed by atoms with Crippen LogP contribution in [-0.2, 0) is 3.83 Å². The molecule has 0 spiro atoms. The summed E-state index contributed by atoms with van der Waals surface area (Å²) < 4.78 is 4.30. The van der Waals surface area contributed by atoms with Crippen LogP contribution in [0.3, 0.4) is 0 Å². The van der Waals surface area contributed by atoms with Gasteiger partial charge in [-0.25, -0.2) is 0 Å². The Kier molecular flexibility index (Phi) is 14.9. The van der Waals surface area contributed by atoms with Gasteiger partial charge in [0.15, 0.2) is 0 Å². The van der Waals surface area contributed by atoms with Crippen LogP contribution in [0.2, 0.25) is 0 Å². The first-order chi connectivity index (χ1) is 4.31. The third-order valence-electron chi connectivity index (χ3n) is 0.466. The highest BCUT2D eigenvalue weighted by Gasteiger charge is 1.97. The summed E-state index contributed by atoms with van der Waals surface area (Å²) >= 11 is 2.62. The van der Waals surface area contributed by atoms with Crippen LogP contribution in [0.4, 0.5) is 0 Å². The zero-order valence-corrected chi connectivity index (χ0v) is 6.71. The summed E-state index contributed by atoms with van der Waals surface area (Å²) in [5.41, 5.74) is 0. The number of hydrogen-bond donors (Lipinski definition) is 3. The molecule has 58 valence electrons. The predicted octanol–water partition coefficient (Wildman–Crippen LogP) is -0.725. The molecule has 0 bridgehead atoms. The molecule has 0 aromatic carbocycles. The minimum absolute atomic E-state index is 0.122. The zero-order valence-electron chi connectivity index (χ0n) is 5.12. The van der Waals surface area contributed by atoms with Crippen molar-refractivity contribution >= 4 is 16.3 Å². The Labute approximate surface area is 62.5 Å². The molecule has 0 aromatic heterocycles. The van der Waals surface area contributed by atoms with E-state index in [2.05, 4.69) is 20.1 Å². The van der Waals surface area contributed by atoms with Crippen LogP contribution in [0.5, 0.6) is 0 Å². The normalized spacial score (nSPS) is 11.7. The highest BCUT2D eigenvalue weighted by atomic mass is 79.9. The Morgan fingerprint density at radius 1 is 1.56 bits per heavy atom. The third-order valence-corrected chi connectivity index (χ3v) is 0.730. The predicted molar refractivity (Wildman–Crippen MR) is 36.1 cm³/mol. The highest BCUT2D eigenvalue weighted by Crippen LogP contribution is 1.87. The minimum Gasteiger partial charge on any atom is -0.400 e. The molecule has 0 heterocycles. The first kappa shape index (κ1) is 12.0. The van der Waals surface area contributed by atoms with E-state index in [0.717, 1.165) is 7.11 Å². The standard InChI is InChI=1S/C3H7BrO3.CH4O/c4-7-2-3(6)1-5;1-2/h3,5-6H,1-2H2;2H,1H3. The maximum absolute atomic E-state index is 8.45. The molecule has 0 amide bonds. The molecule has 3 N–H and O–H groups in total. The van der Waals surface area contributed by atoms with Crippen molar-refractivity contribution in [2.45, 2.75) is 6.10 Å². The molecule has 0 aliphatic heterocycles. The fourth-order valence-electron chi connectivity index (χ4n) is 0.125. The lowest BCUT2D eigenvalue weighted by molar-refractivity contribution is 0.0631. The van der Waals surface area contributed by atoms with Gasteiger partial charge in [0, 0.05) is 7.11 Å². The van der Waals surface area contributed by atoms with Crippen molar-refractivity contribution in [3.05, 3.63) is 0 Å². The number of hydrogen-bond acceptors (Lipinski definition) is 4. The molecule has 0 fully saturated rings. The van der Waals surface area contributed by atoms with Gasteiger partial charge < -0.3 is 19.1 Å². The summed E-state index contributed by atoms with van der Waals surface area (Å²) in [6.07, 6.45) is -0.764. The lowest BCUT2D eigenvalue weighted by atomic mass is 10.4. The summed E-state index contributed by atoms with van der Waals surface area (Å²) in [4.78, 5) is 0. The zero-order chi connectivity index (χ0) is 7.70. The number of rotatable bonds is 3. The summed E-state index contributed by atoms with van der Waals surface area (Å²) in [5.74, 6) is 0. The van der Waals surface area contributed by atoms with Crippen molar-refractivity contribution < 1.29 is 19.1 Å². The molecule has 9 heavy (non-hydrogen) atoms. The molecule has 1 unspecified atom stereocenters. The van der Waals surface area contributed by atoms with Gasteiger partial charge in [0.1, 0.15) is 6.10 Å². The summed E-state index contributed by atoms with van der Waals surface area (Å²) in [5, 5.41) is 23.6. The van der Waals surface area contributed by atoms with E-state index < -0.39 is 6.10 Å². The fourth-order valence-corrected chi connectivity index (χ4v) is 0.431. The second-order valence-corrected chi connectivity index (χ2v) is 1.57. The number of halogens is 1. The summed E-state index contributed by atoms with van der Waals surface area (Å²) in [6.45, 7) is -0.137. The van der Waals surface area contributed by atoms with E-state index in [1.54, 1.807) is 0 Å². The average molecular weight is 203 g/mol. The van der Waals surface area contributed by atoms with Crippen LogP contribution in [-0.4, -0.2) is 41.7 Å². The van der Waals surface area contributed by atoms with Crippen molar-refractivity contribution in [1.82, 2.24) is 0 Å². The molecular weight excluding hydrogens is 192 g/mol. The molecule has 0 aliphatic carbocycles. The number of aliphatic hydroxyl groups excluding tert-OH is 3. The lowest BCUT2D eigenvalue weighted by Crippen LogP contribution is -2.16. The van der Waals surface area contributed by atoms with Gasteiger partial charge in [-0.2, -0.15) is 0 Å². The first-order valence-electron chi connectivity index (χ1n) is 2.28. The van der Waals surface area contributed by atoms with E-state index in [4.69, 9.17) is 15.3 Å². The quantitative estimate of drug-likeness (QED) is 0.565. The van der Waals surface area contributed by atoms with Crippen LogP contribution >= 0.6 is 16.3 Å². The minimum atomic E-state index is -0.764. The van der Waals surface area contributed by atoms with E-state index in [0.29, 0.717) is 0 Å². The molecule has 4 nitrogen and oxygen atoms in total. The topological polar surface area (TPSA) is 69.9 Å². The monoisotopic (exact) mass is 202 g/mol. The van der Waals surface area contributed by atoms with E-state index in [9.17, 15) is 0 Å². The first-order valence-corrected chi connectivity index (χ1v) is 2.93. The van der Waals surface area contributed by atoms with Crippen molar-refractivity contribution in [3.63, 3.8) is 0 Å². The largest absolute Gasteiger partial charge is 0.400 e. The summed E-state index contributed by atoms with van der Waals surface area (Å²) in [6, 6.07) is 0. The molecule has 0 saturated carbocycles. The van der Waals surface area contributed by atoms with E-state index in [-0.39, 0.29) is 13.2 Å². The van der Waals surface area contributed by atoms with Gasteiger partial charge >= 0.3 is 0 Å². The summed E-state index contributed by atoms with van der Waals surface area (Å²) in [7, 11) is 1.00. The second kappa shape index (κ2) is 11.2. The Bertz CT molecular complexity index is 43.5. The van der Waals surface area contributed by atoms with Gasteiger partial charge in [-0.15, -0.1) is 0 Å². The van der Waals surface area contributed by atoms with Crippen LogP contribution in [0.1, 0.15) is 0 Å². The molecular formula is C4H11BrO4. The van der Waals surface area contributed by atoms with Gasteiger partial charge in [-0.3, -0.25) is 0 Å². The van der Waals surface area contributed by atoms with E-state index in [1.165, 1.54) is 0 Å². The maximum Gasteiger partial charge on any atom is 0.102 e. The molecule has 5 heteroatoms. The van der Waals surface area contributed by atoms with Crippen LogP contribution in [0.15, 0.2) is 0 Å². The van der Waals surface area contributed by atoms with Gasteiger partial charge in [0.25, 0.3) is 0 Å². The van der Waals surface area contributed by atoms with Crippen LogP contribution in [0, 0.1) is 0 Å². The average Bonchev–Trinajstić information content (AvgIpc) is 1.93. The Balaban J connectivity index is 0. The second-order valence-electron chi connectivity index (χ2n) is 1.11. The molecule has 1 atom stereocenters. The van der Waals surface area contributed by atoms with Gasteiger partial charge in [0.05, 0.1) is 29.5 Å². The highest BCUT2D eigenvalue weighted by molar-refractivity contribution is 9.06. The van der Waals surface area contributed by atoms with E-state index >= 15 is 0 Å². The molecule has 0 aromatic rings. The lowest BCUT2D eigenvalue weighted by Gasteiger charge is -2.00. The van der Waals surface area contributed by atoms with Crippen LogP contribution in [0.25, 0.3) is 0 Å². The fraction of sp³-hybridized carbons (Fsp3) is 1.00. The molecule has 0 rings (SSSR count). The van der Waals surface area contributed by atoms with Gasteiger partial charge in [-0.1, -0.05) is 0 Å². The third kappa shape index (κ3) is 11.7. The Morgan fingerprint density at radius 3 is 2.11 bits per heavy atom. The van der Waals surface area contributed by atoms with Crippen molar-refractivity contribution in [3.8, 4) is 0 Å². The maximum atomic E-state index is 8.45. The SMILES string of the molecule is CO.OCC(O)COBr. The molecule has 0 aliphatic rings.